The summed E-state index contributed by atoms with van der Waals surface area (Å²) >= 11 is 8.29. The molecule has 1 saturated heterocycles. The van der Waals surface area contributed by atoms with Crippen LogP contribution in [0.5, 0.6) is 0 Å². The van der Waals surface area contributed by atoms with E-state index in [1.54, 1.807) is 0 Å². The van der Waals surface area contributed by atoms with Crippen molar-refractivity contribution in [2.45, 2.75) is 24.5 Å². The maximum atomic E-state index is 12.9. The van der Waals surface area contributed by atoms with E-state index in [4.69, 9.17) is 11.6 Å². The van der Waals surface area contributed by atoms with E-state index in [2.05, 4.69) is 29.2 Å². The zero-order valence-corrected chi connectivity index (χ0v) is 14.7. The zero-order valence-electron chi connectivity index (χ0n) is 13.2. The molecule has 0 spiro atoms. The van der Waals surface area contributed by atoms with Gasteiger partial charge in [-0.1, -0.05) is 42.0 Å². The number of allylic oxidation sites excluding steroid dienone is 2. The van der Waals surface area contributed by atoms with Crippen LogP contribution in [0.15, 0.2) is 36.4 Å². The molecule has 122 valence electrons. The van der Waals surface area contributed by atoms with Crippen molar-refractivity contribution in [3.63, 3.8) is 0 Å². The van der Waals surface area contributed by atoms with Crippen LogP contribution in [0.1, 0.15) is 30.1 Å². The Hall–Kier alpha value is -0.930. The summed E-state index contributed by atoms with van der Waals surface area (Å²) in [6, 6.07) is 8.12. The molecule has 1 heterocycles. The average molecular weight is 348 g/mol. The molecule has 4 unspecified atom stereocenters. The predicted molar refractivity (Wildman–Crippen MR) is 96.7 cm³/mol. The van der Waals surface area contributed by atoms with Gasteiger partial charge in [-0.2, -0.15) is 11.8 Å². The first-order valence-electron chi connectivity index (χ1n) is 8.55. The minimum absolute atomic E-state index is 0.242. The van der Waals surface area contributed by atoms with Crippen LogP contribution < -0.4 is 0 Å². The first kappa shape index (κ1) is 15.6. The largest absolute Gasteiger partial charge is 0.342 e. The van der Waals surface area contributed by atoms with E-state index >= 15 is 0 Å². The number of rotatable bonds is 2. The van der Waals surface area contributed by atoms with Gasteiger partial charge < -0.3 is 4.90 Å². The fraction of sp³-hybridized carbons (Fsp3) is 0.526. The number of fused-ring (bicyclic) bond motifs is 2. The Labute approximate surface area is 147 Å². The number of hydrogen-bond acceptors (Lipinski definition) is 2. The molecular formula is C19H22ClNOS. The standard InChI is InChI=1S/C19H22ClNOS/c20-17-4-2-1-3-15(17)18-7-8-21(9-10-23-18)19(22)16-12-13-5-6-14(16)11-13/h1-6,13-14,16,18H,7-12H2. The third-order valence-electron chi connectivity index (χ3n) is 5.50. The van der Waals surface area contributed by atoms with E-state index < -0.39 is 0 Å². The van der Waals surface area contributed by atoms with Crippen LogP contribution in [0.4, 0.5) is 0 Å². The quantitative estimate of drug-likeness (QED) is 0.731. The number of thioether (sulfide) groups is 1. The summed E-state index contributed by atoms with van der Waals surface area (Å²) in [5.41, 5.74) is 1.22. The topological polar surface area (TPSA) is 20.3 Å². The van der Waals surface area contributed by atoms with Gasteiger partial charge >= 0.3 is 0 Å². The number of halogens is 1. The SMILES string of the molecule is O=C(C1CC2C=CC1C2)N1CCSC(c2ccccc2Cl)CC1. The number of carbonyl (C=O) groups excluding carboxylic acids is 1. The second-order valence-corrected chi connectivity index (χ2v) is 8.60. The lowest BCUT2D eigenvalue weighted by molar-refractivity contribution is -0.136. The Morgan fingerprint density at radius 3 is 2.78 bits per heavy atom. The average Bonchev–Trinajstić information content (AvgIpc) is 3.11. The minimum Gasteiger partial charge on any atom is -0.342 e. The molecular weight excluding hydrogens is 326 g/mol. The highest BCUT2D eigenvalue weighted by molar-refractivity contribution is 7.99. The van der Waals surface area contributed by atoms with Crippen LogP contribution in [-0.4, -0.2) is 29.6 Å². The minimum atomic E-state index is 0.242. The fourth-order valence-corrected chi connectivity index (χ4v) is 5.87. The van der Waals surface area contributed by atoms with Gasteiger partial charge in [0.15, 0.2) is 0 Å². The third kappa shape index (κ3) is 3.06. The summed E-state index contributed by atoms with van der Waals surface area (Å²) in [5.74, 6) is 2.79. The van der Waals surface area contributed by atoms with E-state index in [1.807, 2.05) is 23.9 Å². The summed E-state index contributed by atoms with van der Waals surface area (Å²) in [6.07, 6.45) is 7.84. The Bertz CT molecular complexity index is 632. The zero-order chi connectivity index (χ0) is 15.8. The van der Waals surface area contributed by atoms with Crippen molar-refractivity contribution in [3.8, 4) is 0 Å². The first-order valence-corrected chi connectivity index (χ1v) is 9.98. The molecule has 1 saturated carbocycles. The molecule has 2 aliphatic carbocycles. The molecule has 1 aliphatic heterocycles. The molecule has 4 rings (SSSR count). The molecule has 1 aromatic carbocycles. The van der Waals surface area contributed by atoms with E-state index in [0.717, 1.165) is 36.7 Å². The van der Waals surface area contributed by atoms with Gasteiger partial charge in [0.05, 0.1) is 0 Å². The predicted octanol–water partition coefficient (Wildman–Crippen LogP) is 4.56. The van der Waals surface area contributed by atoms with Crippen molar-refractivity contribution in [3.05, 3.63) is 47.0 Å². The van der Waals surface area contributed by atoms with Gasteiger partial charge in [0, 0.05) is 35.0 Å². The van der Waals surface area contributed by atoms with E-state index in [0.29, 0.717) is 23.0 Å². The Morgan fingerprint density at radius 1 is 1.17 bits per heavy atom. The smallest absolute Gasteiger partial charge is 0.226 e. The number of benzene rings is 1. The molecule has 0 aromatic heterocycles. The summed E-state index contributed by atoms with van der Waals surface area (Å²) in [6.45, 7) is 1.74. The molecule has 2 bridgehead atoms. The van der Waals surface area contributed by atoms with Crippen molar-refractivity contribution in [1.29, 1.82) is 0 Å². The van der Waals surface area contributed by atoms with Crippen LogP contribution in [-0.2, 0) is 4.79 Å². The van der Waals surface area contributed by atoms with Crippen LogP contribution in [0.3, 0.4) is 0 Å². The first-order chi connectivity index (χ1) is 11.2. The van der Waals surface area contributed by atoms with Gasteiger partial charge in [0.1, 0.15) is 0 Å². The number of amides is 1. The van der Waals surface area contributed by atoms with E-state index in [-0.39, 0.29) is 5.92 Å². The second-order valence-electron chi connectivity index (χ2n) is 6.88. The molecule has 4 atom stereocenters. The van der Waals surface area contributed by atoms with E-state index in [1.165, 1.54) is 12.0 Å². The van der Waals surface area contributed by atoms with Crippen molar-refractivity contribution >= 4 is 29.3 Å². The Kier molecular flexibility index (Phi) is 4.42. The fourth-order valence-electron chi connectivity index (χ4n) is 4.27. The van der Waals surface area contributed by atoms with Crippen molar-refractivity contribution < 1.29 is 4.79 Å². The van der Waals surface area contributed by atoms with Crippen molar-refractivity contribution in [1.82, 2.24) is 4.90 Å². The van der Waals surface area contributed by atoms with Crippen molar-refractivity contribution in [2.24, 2.45) is 17.8 Å². The number of carbonyl (C=O) groups is 1. The molecule has 0 radical (unpaired) electrons. The Morgan fingerprint density at radius 2 is 2.04 bits per heavy atom. The van der Waals surface area contributed by atoms with Crippen LogP contribution >= 0.6 is 23.4 Å². The third-order valence-corrected chi connectivity index (χ3v) is 7.16. The second kappa shape index (κ2) is 6.52. The highest BCUT2D eigenvalue weighted by Gasteiger charge is 2.41. The van der Waals surface area contributed by atoms with Crippen LogP contribution in [0.2, 0.25) is 5.02 Å². The molecule has 1 aromatic rings. The normalized spacial score (nSPS) is 33.0. The van der Waals surface area contributed by atoms with E-state index in [9.17, 15) is 4.79 Å². The van der Waals surface area contributed by atoms with Gasteiger partial charge in [-0.3, -0.25) is 4.79 Å². The van der Waals surface area contributed by atoms with Gasteiger partial charge in [-0.15, -0.1) is 0 Å². The number of hydrogen-bond donors (Lipinski definition) is 0. The summed E-state index contributed by atoms with van der Waals surface area (Å²) in [7, 11) is 0. The van der Waals surface area contributed by atoms with Gasteiger partial charge in [-0.25, -0.2) is 0 Å². The van der Waals surface area contributed by atoms with Crippen LogP contribution in [0.25, 0.3) is 0 Å². The maximum Gasteiger partial charge on any atom is 0.226 e. The number of nitrogens with zero attached hydrogens (tertiary/aromatic N) is 1. The lowest BCUT2D eigenvalue weighted by Gasteiger charge is -2.27. The summed E-state index contributed by atoms with van der Waals surface area (Å²) in [5, 5.41) is 1.25. The lowest BCUT2D eigenvalue weighted by Crippen LogP contribution is -2.39. The molecule has 4 heteroatoms. The van der Waals surface area contributed by atoms with Crippen molar-refractivity contribution in [2.75, 3.05) is 18.8 Å². The molecule has 23 heavy (non-hydrogen) atoms. The monoisotopic (exact) mass is 347 g/mol. The van der Waals surface area contributed by atoms with Gasteiger partial charge in [0.25, 0.3) is 0 Å². The molecule has 1 amide bonds. The highest BCUT2D eigenvalue weighted by Crippen LogP contribution is 2.45. The molecule has 2 nitrogen and oxygen atoms in total. The van der Waals surface area contributed by atoms with Gasteiger partial charge in [-0.05, 0) is 42.7 Å². The molecule has 2 fully saturated rings. The Balaban J connectivity index is 1.42. The van der Waals surface area contributed by atoms with Crippen LogP contribution in [0, 0.1) is 17.8 Å². The maximum absolute atomic E-state index is 12.9. The summed E-state index contributed by atoms with van der Waals surface area (Å²) in [4.78, 5) is 15.0. The molecule has 3 aliphatic rings. The molecule has 0 N–H and O–H groups in total. The summed E-state index contributed by atoms with van der Waals surface area (Å²) < 4.78 is 0. The highest BCUT2D eigenvalue weighted by atomic mass is 35.5. The van der Waals surface area contributed by atoms with Gasteiger partial charge in [0.2, 0.25) is 5.91 Å². The lowest BCUT2D eigenvalue weighted by atomic mass is 9.92.